The number of amides is 2. The van der Waals surface area contributed by atoms with E-state index in [4.69, 9.17) is 0 Å². The minimum Gasteiger partial charge on any atom is -0.347 e. The largest absolute Gasteiger partial charge is 0.347 e. The van der Waals surface area contributed by atoms with Crippen molar-refractivity contribution in [2.45, 2.75) is 19.3 Å². The predicted octanol–water partition coefficient (Wildman–Crippen LogP) is 0.691. The van der Waals surface area contributed by atoms with Gasteiger partial charge in [-0.1, -0.05) is 18.2 Å². The zero-order chi connectivity index (χ0) is 14.7. The molecule has 1 fully saturated rings. The Morgan fingerprint density at radius 1 is 1.24 bits per heavy atom. The van der Waals surface area contributed by atoms with E-state index in [0.717, 1.165) is 38.0 Å². The molecule has 3 rings (SSSR count). The second-order valence-electron chi connectivity index (χ2n) is 5.67. The monoisotopic (exact) mass is 287 g/mol. The lowest BCUT2D eigenvalue weighted by Gasteiger charge is -2.22. The number of para-hydroxylation sites is 1. The lowest BCUT2D eigenvalue weighted by Crippen LogP contribution is -2.43. The highest BCUT2D eigenvalue weighted by molar-refractivity contribution is 5.98. The van der Waals surface area contributed by atoms with E-state index in [1.807, 2.05) is 18.2 Å². The average Bonchev–Trinajstić information content (AvgIpc) is 2.97. The summed E-state index contributed by atoms with van der Waals surface area (Å²) in [6.07, 6.45) is 2.60. The van der Waals surface area contributed by atoms with Crippen LogP contribution < -0.4 is 15.5 Å². The van der Waals surface area contributed by atoms with Crippen molar-refractivity contribution in [1.29, 1.82) is 0 Å². The summed E-state index contributed by atoms with van der Waals surface area (Å²) in [7, 11) is 0. The van der Waals surface area contributed by atoms with E-state index in [1.54, 1.807) is 4.90 Å². The van der Waals surface area contributed by atoms with Gasteiger partial charge in [0.1, 0.15) is 0 Å². The lowest BCUT2D eigenvalue weighted by molar-refractivity contribution is -0.128. The second kappa shape index (κ2) is 6.26. The van der Waals surface area contributed by atoms with Crippen molar-refractivity contribution in [3.63, 3.8) is 0 Å². The van der Waals surface area contributed by atoms with Crippen molar-refractivity contribution in [3.8, 4) is 0 Å². The first kappa shape index (κ1) is 14.1. The SMILES string of the molecule is O=C(NCC(=O)N1CCc2ccccc21)C1CCNCC1. The standard InChI is InChI=1S/C16H21N3O2/c20-15(11-18-16(21)13-5-8-17-9-6-13)19-10-7-12-3-1-2-4-14(12)19/h1-4,13,17H,5-11H2,(H,18,21). The fraction of sp³-hybridized carbons (Fsp3) is 0.500. The van der Waals surface area contributed by atoms with Gasteiger partial charge in [0.2, 0.25) is 11.8 Å². The summed E-state index contributed by atoms with van der Waals surface area (Å²) in [5.41, 5.74) is 2.19. The van der Waals surface area contributed by atoms with E-state index in [2.05, 4.69) is 16.7 Å². The molecule has 5 nitrogen and oxygen atoms in total. The molecule has 2 heterocycles. The summed E-state index contributed by atoms with van der Waals surface area (Å²) in [5, 5.41) is 6.04. The van der Waals surface area contributed by atoms with Gasteiger partial charge in [0.05, 0.1) is 6.54 Å². The normalized spacial score (nSPS) is 18.4. The van der Waals surface area contributed by atoms with Crippen LogP contribution in [0.2, 0.25) is 0 Å². The molecule has 0 radical (unpaired) electrons. The molecule has 0 unspecified atom stereocenters. The van der Waals surface area contributed by atoms with Gasteiger partial charge in [0, 0.05) is 18.2 Å². The Labute approximate surface area is 124 Å². The first-order valence-electron chi connectivity index (χ1n) is 7.62. The van der Waals surface area contributed by atoms with Gasteiger partial charge in [-0.05, 0) is 44.0 Å². The quantitative estimate of drug-likeness (QED) is 0.860. The van der Waals surface area contributed by atoms with Crippen molar-refractivity contribution in [2.75, 3.05) is 31.1 Å². The van der Waals surface area contributed by atoms with E-state index in [9.17, 15) is 9.59 Å². The maximum atomic E-state index is 12.3. The molecule has 0 saturated carbocycles. The van der Waals surface area contributed by atoms with Gasteiger partial charge >= 0.3 is 0 Å². The Balaban J connectivity index is 1.54. The van der Waals surface area contributed by atoms with Crippen LogP contribution in [-0.2, 0) is 16.0 Å². The molecule has 112 valence electrons. The van der Waals surface area contributed by atoms with E-state index in [0.29, 0.717) is 6.54 Å². The van der Waals surface area contributed by atoms with Crippen LogP contribution in [0.5, 0.6) is 0 Å². The molecule has 5 heteroatoms. The number of hydrogen-bond donors (Lipinski definition) is 2. The number of anilines is 1. The fourth-order valence-corrected chi connectivity index (χ4v) is 3.08. The maximum absolute atomic E-state index is 12.3. The van der Waals surface area contributed by atoms with Crippen LogP contribution in [0.15, 0.2) is 24.3 Å². The Bertz CT molecular complexity index is 538. The Kier molecular flexibility index (Phi) is 4.20. The zero-order valence-corrected chi connectivity index (χ0v) is 12.1. The highest BCUT2D eigenvalue weighted by Crippen LogP contribution is 2.27. The van der Waals surface area contributed by atoms with Crippen molar-refractivity contribution < 1.29 is 9.59 Å². The number of carbonyl (C=O) groups is 2. The van der Waals surface area contributed by atoms with Crippen molar-refractivity contribution >= 4 is 17.5 Å². The Hall–Kier alpha value is -1.88. The van der Waals surface area contributed by atoms with Crippen LogP contribution >= 0.6 is 0 Å². The van der Waals surface area contributed by atoms with Crippen LogP contribution in [-0.4, -0.2) is 38.0 Å². The van der Waals surface area contributed by atoms with Crippen LogP contribution in [0.4, 0.5) is 5.69 Å². The summed E-state index contributed by atoms with van der Waals surface area (Å²) >= 11 is 0. The summed E-state index contributed by atoms with van der Waals surface area (Å²) in [6.45, 7) is 2.57. The molecular formula is C16H21N3O2. The van der Waals surface area contributed by atoms with Crippen LogP contribution in [0.25, 0.3) is 0 Å². The van der Waals surface area contributed by atoms with Crippen LogP contribution in [0.3, 0.4) is 0 Å². The predicted molar refractivity (Wildman–Crippen MR) is 81.1 cm³/mol. The zero-order valence-electron chi connectivity index (χ0n) is 12.1. The molecule has 0 spiro atoms. The maximum Gasteiger partial charge on any atom is 0.246 e. The van der Waals surface area contributed by atoms with Gasteiger partial charge in [0.15, 0.2) is 0 Å². The molecule has 0 bridgehead atoms. The highest BCUT2D eigenvalue weighted by atomic mass is 16.2. The molecule has 0 aliphatic carbocycles. The molecule has 0 atom stereocenters. The lowest BCUT2D eigenvalue weighted by atomic mass is 9.97. The van der Waals surface area contributed by atoms with E-state index >= 15 is 0 Å². The number of nitrogens with zero attached hydrogens (tertiary/aromatic N) is 1. The van der Waals surface area contributed by atoms with Gasteiger partial charge in [-0.15, -0.1) is 0 Å². The molecule has 21 heavy (non-hydrogen) atoms. The third-order valence-corrected chi connectivity index (χ3v) is 4.31. The van der Waals surface area contributed by atoms with E-state index in [1.165, 1.54) is 5.56 Å². The van der Waals surface area contributed by atoms with E-state index < -0.39 is 0 Å². The number of nitrogens with one attached hydrogen (secondary N) is 2. The van der Waals surface area contributed by atoms with Gasteiger partial charge in [-0.25, -0.2) is 0 Å². The smallest absolute Gasteiger partial charge is 0.246 e. The summed E-state index contributed by atoms with van der Waals surface area (Å²) in [4.78, 5) is 26.1. The number of hydrogen-bond acceptors (Lipinski definition) is 3. The molecule has 2 amide bonds. The molecular weight excluding hydrogens is 266 g/mol. The van der Waals surface area contributed by atoms with Crippen molar-refractivity contribution in [1.82, 2.24) is 10.6 Å². The number of carbonyl (C=O) groups excluding carboxylic acids is 2. The summed E-state index contributed by atoms with van der Waals surface area (Å²) in [5.74, 6) is 0.0319. The number of fused-ring (bicyclic) bond motifs is 1. The Morgan fingerprint density at radius 3 is 2.81 bits per heavy atom. The molecule has 1 saturated heterocycles. The minimum atomic E-state index is -0.0257. The molecule has 1 aromatic carbocycles. The fourth-order valence-electron chi connectivity index (χ4n) is 3.08. The molecule has 2 aliphatic heterocycles. The van der Waals surface area contributed by atoms with Gasteiger partial charge in [-0.3, -0.25) is 9.59 Å². The van der Waals surface area contributed by atoms with Crippen LogP contribution in [0.1, 0.15) is 18.4 Å². The van der Waals surface area contributed by atoms with Gasteiger partial charge in [-0.2, -0.15) is 0 Å². The van der Waals surface area contributed by atoms with Crippen molar-refractivity contribution in [2.24, 2.45) is 5.92 Å². The molecule has 1 aromatic rings. The number of piperidine rings is 1. The summed E-state index contributed by atoms with van der Waals surface area (Å²) < 4.78 is 0. The number of rotatable bonds is 3. The molecule has 2 aliphatic rings. The van der Waals surface area contributed by atoms with Gasteiger partial charge < -0.3 is 15.5 Å². The van der Waals surface area contributed by atoms with E-state index in [-0.39, 0.29) is 24.3 Å². The van der Waals surface area contributed by atoms with Crippen LogP contribution in [0, 0.1) is 5.92 Å². The third-order valence-electron chi connectivity index (χ3n) is 4.31. The molecule has 0 aromatic heterocycles. The number of benzene rings is 1. The first-order chi connectivity index (χ1) is 10.3. The molecule has 2 N–H and O–H groups in total. The summed E-state index contributed by atoms with van der Waals surface area (Å²) in [6, 6.07) is 7.95. The first-order valence-corrected chi connectivity index (χ1v) is 7.62. The minimum absolute atomic E-state index is 0.0114. The second-order valence-corrected chi connectivity index (χ2v) is 5.67. The highest BCUT2D eigenvalue weighted by Gasteiger charge is 2.26. The van der Waals surface area contributed by atoms with Crippen molar-refractivity contribution in [3.05, 3.63) is 29.8 Å². The topological polar surface area (TPSA) is 61.4 Å². The van der Waals surface area contributed by atoms with Gasteiger partial charge in [0.25, 0.3) is 0 Å². The Morgan fingerprint density at radius 2 is 2.00 bits per heavy atom. The third kappa shape index (κ3) is 3.08. The average molecular weight is 287 g/mol.